The normalized spacial score (nSPS) is 21.4. The molecule has 8 heteroatoms. The maximum absolute atomic E-state index is 13.6. The summed E-state index contributed by atoms with van der Waals surface area (Å²) in [5.41, 5.74) is 0.325. The molecule has 1 aliphatic heterocycles. The third-order valence-corrected chi connectivity index (χ3v) is 8.40. The van der Waals surface area contributed by atoms with Crippen molar-refractivity contribution in [3.63, 3.8) is 0 Å². The van der Waals surface area contributed by atoms with Crippen molar-refractivity contribution in [3.8, 4) is 0 Å². The second kappa shape index (κ2) is 12.7. The number of carbonyl (C=O) groups is 3. The van der Waals surface area contributed by atoms with Gasteiger partial charge in [-0.05, 0) is 60.3 Å². The molecule has 3 amide bonds. The molecule has 3 N–H and O–H groups in total. The molecule has 5 atom stereocenters. The average molecular weight is 535 g/mol. The third-order valence-electron chi connectivity index (χ3n) is 7.28. The molecule has 0 spiro atoms. The fourth-order valence-electron chi connectivity index (χ4n) is 4.64. The highest BCUT2D eigenvalue weighted by atomic mass is 32.2. The summed E-state index contributed by atoms with van der Waals surface area (Å²) in [4.78, 5) is 41.6. The topological polar surface area (TPSA) is 90.5 Å². The zero-order valence-electron chi connectivity index (χ0n) is 24.3. The van der Waals surface area contributed by atoms with Gasteiger partial charge in [0.15, 0.2) is 0 Å². The standard InChI is InChI=1S/C29H50N4O3S/c1-11-18(2)19(3)24(27(36)32-37-21-14-15-21)31-26(35)22-13-12-16-33(22)20(4)25(29(8,9)10)30-23(34)17-28(5,6)7/h11,18-19,21-22,24-25H,1,4,12-17H2,2-3,5-10H3,(H,30,34)(H,31,35)(H,32,36)/t18?,19-,22-,24?,25+/m0/s1. The first-order valence-corrected chi connectivity index (χ1v) is 14.6. The van der Waals surface area contributed by atoms with E-state index < -0.39 is 12.1 Å². The maximum Gasteiger partial charge on any atom is 0.252 e. The lowest BCUT2D eigenvalue weighted by Crippen LogP contribution is -2.56. The number of hydrogen-bond donors (Lipinski definition) is 3. The minimum atomic E-state index is -0.660. The van der Waals surface area contributed by atoms with Crippen LogP contribution in [0.25, 0.3) is 0 Å². The molecule has 2 rings (SSSR count). The Kier molecular flexibility index (Phi) is 10.8. The molecule has 1 saturated carbocycles. The fraction of sp³-hybridized carbons (Fsp3) is 0.759. The minimum absolute atomic E-state index is 0.0223. The predicted octanol–water partition coefficient (Wildman–Crippen LogP) is 4.80. The van der Waals surface area contributed by atoms with E-state index in [2.05, 4.69) is 49.3 Å². The van der Waals surface area contributed by atoms with E-state index in [1.165, 1.54) is 11.9 Å². The van der Waals surface area contributed by atoms with Crippen LogP contribution in [0.15, 0.2) is 24.9 Å². The fourth-order valence-corrected chi connectivity index (χ4v) is 5.42. The van der Waals surface area contributed by atoms with E-state index in [4.69, 9.17) is 0 Å². The number of hydrogen-bond acceptors (Lipinski definition) is 5. The molecular formula is C29H50N4O3S. The molecule has 0 radical (unpaired) electrons. The highest BCUT2D eigenvalue weighted by molar-refractivity contribution is 7.98. The Hall–Kier alpha value is -1.96. The molecule has 37 heavy (non-hydrogen) atoms. The summed E-state index contributed by atoms with van der Waals surface area (Å²) in [6.07, 6.45) is 5.97. The Labute approximate surface area is 229 Å². The van der Waals surface area contributed by atoms with Crippen LogP contribution in [0.4, 0.5) is 0 Å². The van der Waals surface area contributed by atoms with Gasteiger partial charge in [0, 0.05) is 23.9 Å². The van der Waals surface area contributed by atoms with Crippen LogP contribution in [-0.2, 0) is 14.4 Å². The van der Waals surface area contributed by atoms with Crippen molar-refractivity contribution < 1.29 is 14.4 Å². The van der Waals surface area contributed by atoms with Crippen molar-refractivity contribution in [1.82, 2.24) is 20.3 Å². The van der Waals surface area contributed by atoms with E-state index in [1.54, 1.807) is 0 Å². The van der Waals surface area contributed by atoms with Crippen molar-refractivity contribution in [1.29, 1.82) is 0 Å². The Morgan fingerprint density at radius 1 is 1.05 bits per heavy atom. The highest BCUT2D eigenvalue weighted by Crippen LogP contribution is 2.33. The Morgan fingerprint density at radius 2 is 1.68 bits per heavy atom. The van der Waals surface area contributed by atoms with Gasteiger partial charge in [-0.15, -0.1) is 6.58 Å². The second-order valence-electron chi connectivity index (χ2n) is 13.2. The zero-order valence-corrected chi connectivity index (χ0v) is 25.1. The van der Waals surface area contributed by atoms with E-state index in [1.807, 2.05) is 45.6 Å². The average Bonchev–Trinajstić information content (AvgIpc) is 3.49. The molecule has 2 unspecified atom stereocenters. The number of nitrogens with zero attached hydrogens (tertiary/aromatic N) is 1. The van der Waals surface area contributed by atoms with Gasteiger partial charge in [-0.25, -0.2) is 0 Å². The van der Waals surface area contributed by atoms with Gasteiger partial charge in [-0.3, -0.25) is 19.1 Å². The quantitative estimate of drug-likeness (QED) is 0.247. The number of likely N-dealkylation sites (tertiary alicyclic amines) is 1. The first-order valence-electron chi connectivity index (χ1n) is 13.7. The number of nitrogens with one attached hydrogen (secondary N) is 3. The summed E-state index contributed by atoms with van der Waals surface area (Å²) < 4.78 is 2.96. The molecule has 7 nitrogen and oxygen atoms in total. The summed E-state index contributed by atoms with van der Waals surface area (Å²) in [6.45, 7) is 25.3. The number of carbonyl (C=O) groups excluding carboxylic acids is 3. The van der Waals surface area contributed by atoms with Gasteiger partial charge < -0.3 is 15.5 Å². The van der Waals surface area contributed by atoms with Gasteiger partial charge >= 0.3 is 0 Å². The van der Waals surface area contributed by atoms with Gasteiger partial charge in [0.05, 0.1) is 6.04 Å². The van der Waals surface area contributed by atoms with Crippen LogP contribution >= 0.6 is 11.9 Å². The van der Waals surface area contributed by atoms with Crippen LogP contribution in [0.5, 0.6) is 0 Å². The largest absolute Gasteiger partial charge is 0.362 e. The van der Waals surface area contributed by atoms with Gasteiger partial charge in [0.25, 0.3) is 5.91 Å². The van der Waals surface area contributed by atoms with Gasteiger partial charge in [-0.2, -0.15) is 0 Å². The lowest BCUT2D eigenvalue weighted by molar-refractivity contribution is -0.131. The number of allylic oxidation sites excluding steroid dienone is 1. The third kappa shape index (κ3) is 9.38. The molecule has 0 aromatic heterocycles. The molecule has 2 fully saturated rings. The summed E-state index contributed by atoms with van der Waals surface area (Å²) in [5.74, 6) is -0.423. The SMILES string of the molecule is C=CC(C)[C@H](C)C(NC(=O)[C@@H]1CCCN1C(=C)[C@@H](NC(=O)CC(C)(C)C)C(C)(C)C)C(=O)NSC1CC1. The summed E-state index contributed by atoms with van der Waals surface area (Å²) in [7, 11) is 0. The van der Waals surface area contributed by atoms with Crippen molar-refractivity contribution >= 4 is 29.7 Å². The first-order chi connectivity index (χ1) is 17.0. The maximum atomic E-state index is 13.6. The van der Waals surface area contributed by atoms with Crippen molar-refractivity contribution in [2.75, 3.05) is 6.54 Å². The van der Waals surface area contributed by atoms with E-state index >= 15 is 0 Å². The summed E-state index contributed by atoms with van der Waals surface area (Å²) in [6, 6.07) is -1.41. The summed E-state index contributed by atoms with van der Waals surface area (Å²) >= 11 is 1.45. The van der Waals surface area contributed by atoms with Gasteiger partial charge in [-0.1, -0.05) is 68.0 Å². The molecule has 0 aromatic carbocycles. The van der Waals surface area contributed by atoms with Crippen LogP contribution in [0.1, 0.15) is 87.5 Å². The van der Waals surface area contributed by atoms with E-state index in [-0.39, 0.29) is 46.4 Å². The minimum Gasteiger partial charge on any atom is -0.362 e. The van der Waals surface area contributed by atoms with E-state index in [0.29, 0.717) is 24.6 Å². The Bertz CT molecular complexity index is 856. The van der Waals surface area contributed by atoms with Crippen molar-refractivity contribution in [3.05, 3.63) is 24.9 Å². The van der Waals surface area contributed by atoms with Crippen LogP contribution in [-0.4, -0.2) is 52.5 Å². The van der Waals surface area contributed by atoms with Gasteiger partial charge in [0.1, 0.15) is 12.1 Å². The van der Waals surface area contributed by atoms with Crippen molar-refractivity contribution in [2.45, 2.75) is 111 Å². The lowest BCUT2D eigenvalue weighted by atomic mass is 9.83. The Balaban J connectivity index is 2.18. The highest BCUT2D eigenvalue weighted by Gasteiger charge is 2.40. The molecule has 0 aromatic rings. The number of amides is 3. The summed E-state index contributed by atoms with van der Waals surface area (Å²) in [5, 5.41) is 6.74. The lowest BCUT2D eigenvalue weighted by Gasteiger charge is -2.40. The van der Waals surface area contributed by atoms with Crippen LogP contribution < -0.4 is 15.4 Å². The second-order valence-corrected chi connectivity index (χ2v) is 14.3. The van der Waals surface area contributed by atoms with Crippen LogP contribution in [0.3, 0.4) is 0 Å². The van der Waals surface area contributed by atoms with Crippen LogP contribution in [0.2, 0.25) is 0 Å². The molecule has 2 aliphatic rings. The first kappa shape index (κ1) is 31.3. The molecule has 1 saturated heterocycles. The molecule has 0 bridgehead atoms. The smallest absolute Gasteiger partial charge is 0.252 e. The van der Waals surface area contributed by atoms with Crippen LogP contribution in [0, 0.1) is 22.7 Å². The van der Waals surface area contributed by atoms with Gasteiger partial charge in [0.2, 0.25) is 11.8 Å². The zero-order chi connectivity index (χ0) is 28.1. The van der Waals surface area contributed by atoms with E-state index in [9.17, 15) is 14.4 Å². The Morgan fingerprint density at radius 3 is 2.19 bits per heavy atom. The number of rotatable bonds is 12. The molecule has 1 heterocycles. The molecule has 210 valence electrons. The monoisotopic (exact) mass is 534 g/mol. The molecular weight excluding hydrogens is 484 g/mol. The predicted molar refractivity (Wildman–Crippen MR) is 154 cm³/mol. The van der Waals surface area contributed by atoms with E-state index in [0.717, 1.165) is 25.0 Å². The molecule has 1 aliphatic carbocycles. The van der Waals surface area contributed by atoms with Crippen molar-refractivity contribution in [2.24, 2.45) is 22.7 Å².